The van der Waals surface area contributed by atoms with Crippen LogP contribution in [0, 0.1) is 0 Å². The van der Waals surface area contributed by atoms with E-state index in [0.717, 1.165) is 43.4 Å². The van der Waals surface area contributed by atoms with Crippen molar-refractivity contribution in [2.75, 3.05) is 41.3 Å². The molecule has 32 heavy (non-hydrogen) atoms. The predicted molar refractivity (Wildman–Crippen MR) is 132 cm³/mol. The van der Waals surface area contributed by atoms with Gasteiger partial charge in [-0.3, -0.25) is 9.69 Å². The third-order valence-electron chi connectivity index (χ3n) is 5.53. The van der Waals surface area contributed by atoms with E-state index in [1.165, 1.54) is 6.08 Å². The van der Waals surface area contributed by atoms with Gasteiger partial charge in [-0.1, -0.05) is 36.1 Å². The summed E-state index contributed by atoms with van der Waals surface area (Å²) in [7, 11) is 0. The number of carbonyl (C=O) groups excluding carboxylic acids is 2. The number of carbonyl (C=O) groups is 2. The summed E-state index contributed by atoms with van der Waals surface area (Å²) >= 11 is 1.56. The number of anilines is 3. The van der Waals surface area contributed by atoms with Gasteiger partial charge in [0.15, 0.2) is 0 Å². The monoisotopic (exact) mass is 449 g/mol. The van der Waals surface area contributed by atoms with Crippen LogP contribution < -0.4 is 15.1 Å². The Labute approximate surface area is 192 Å². The number of urea groups is 1. The number of hydrogen-bond acceptors (Lipinski definition) is 5. The topological polar surface area (TPSA) is 68.8 Å². The number of hydrogen-bond donors (Lipinski definition) is 1. The van der Waals surface area contributed by atoms with Gasteiger partial charge < -0.3 is 15.1 Å². The van der Waals surface area contributed by atoms with Crippen LogP contribution in [0.5, 0.6) is 0 Å². The maximum Gasteiger partial charge on any atom is 0.331 e. The first kappa shape index (κ1) is 21.8. The van der Waals surface area contributed by atoms with E-state index >= 15 is 0 Å². The molecule has 0 bridgehead atoms. The molecule has 0 radical (unpaired) electrons. The molecule has 7 nitrogen and oxygen atoms in total. The van der Waals surface area contributed by atoms with Crippen molar-refractivity contribution in [1.29, 1.82) is 0 Å². The van der Waals surface area contributed by atoms with E-state index in [0.29, 0.717) is 26.2 Å². The van der Waals surface area contributed by atoms with Crippen molar-refractivity contribution in [3.63, 3.8) is 0 Å². The summed E-state index contributed by atoms with van der Waals surface area (Å²) in [4.78, 5) is 36.4. The zero-order chi connectivity index (χ0) is 23.0. The van der Waals surface area contributed by atoms with Crippen LogP contribution in [0.3, 0.4) is 0 Å². The minimum absolute atomic E-state index is 0.0503. The first-order valence-corrected chi connectivity index (χ1v) is 11.3. The molecule has 166 valence electrons. The van der Waals surface area contributed by atoms with E-state index in [1.54, 1.807) is 27.3 Å². The van der Waals surface area contributed by atoms with Crippen LogP contribution in [0.2, 0.25) is 0 Å². The van der Waals surface area contributed by atoms with E-state index in [-0.39, 0.29) is 11.9 Å². The molecule has 3 amide bonds. The number of pyridine rings is 1. The van der Waals surface area contributed by atoms with Crippen LogP contribution in [0.1, 0.15) is 20.8 Å². The third-order valence-corrected chi connectivity index (χ3v) is 6.69. The van der Waals surface area contributed by atoms with Gasteiger partial charge in [0.05, 0.1) is 22.5 Å². The minimum Gasteiger partial charge on any atom is -0.358 e. The Hall–Kier alpha value is -3.39. The van der Waals surface area contributed by atoms with Crippen molar-refractivity contribution < 1.29 is 9.59 Å². The highest BCUT2D eigenvalue weighted by Crippen LogP contribution is 2.49. The van der Waals surface area contributed by atoms with E-state index in [2.05, 4.69) is 28.4 Å². The average Bonchev–Trinajstić information content (AvgIpc) is 3.14. The summed E-state index contributed by atoms with van der Waals surface area (Å²) in [5.41, 5.74) is 4.26. The Morgan fingerprint density at radius 3 is 2.53 bits per heavy atom. The molecule has 0 aromatic carbocycles. The summed E-state index contributed by atoms with van der Waals surface area (Å²) in [6.45, 7) is 16.2. The van der Waals surface area contributed by atoms with E-state index < -0.39 is 0 Å². The first-order valence-electron chi connectivity index (χ1n) is 10.5. The molecular formula is C24H27N5O2S. The van der Waals surface area contributed by atoms with Gasteiger partial charge in [0.25, 0.3) is 0 Å². The largest absolute Gasteiger partial charge is 0.358 e. The normalized spacial score (nSPS) is 16.2. The summed E-state index contributed by atoms with van der Waals surface area (Å²) in [6, 6.07) is 1.66. The highest BCUT2D eigenvalue weighted by molar-refractivity contribution is 7.23. The van der Waals surface area contributed by atoms with Crippen molar-refractivity contribution in [3.8, 4) is 0 Å². The number of rotatable bonds is 5. The molecule has 2 aliphatic heterocycles. The lowest BCUT2D eigenvalue weighted by atomic mass is 10.1. The molecule has 0 saturated carbocycles. The fraction of sp³-hybridized carbons (Fsp3) is 0.292. The van der Waals surface area contributed by atoms with Crippen LogP contribution in [0.15, 0.2) is 60.5 Å². The second-order valence-electron chi connectivity index (χ2n) is 8.15. The molecule has 0 unspecified atom stereocenters. The van der Waals surface area contributed by atoms with Crippen LogP contribution in [-0.2, 0) is 4.79 Å². The van der Waals surface area contributed by atoms with Crippen LogP contribution in [-0.4, -0.2) is 48.0 Å². The summed E-state index contributed by atoms with van der Waals surface area (Å²) < 4.78 is 0. The van der Waals surface area contributed by atoms with Crippen molar-refractivity contribution in [2.45, 2.75) is 20.8 Å². The van der Waals surface area contributed by atoms with Gasteiger partial charge in [0, 0.05) is 32.4 Å². The van der Waals surface area contributed by atoms with Gasteiger partial charge in [0.1, 0.15) is 9.83 Å². The Morgan fingerprint density at radius 1 is 1.19 bits per heavy atom. The molecule has 2 aromatic rings. The van der Waals surface area contributed by atoms with Crippen LogP contribution in [0.25, 0.3) is 10.2 Å². The second kappa shape index (κ2) is 8.63. The molecule has 1 saturated heterocycles. The lowest BCUT2D eigenvalue weighted by Gasteiger charge is -2.36. The predicted octanol–water partition coefficient (Wildman–Crippen LogP) is 4.91. The maximum absolute atomic E-state index is 13.3. The van der Waals surface area contributed by atoms with Crippen LogP contribution in [0.4, 0.5) is 21.2 Å². The highest BCUT2D eigenvalue weighted by Gasteiger charge is 2.34. The molecule has 4 rings (SSSR count). The second-order valence-corrected chi connectivity index (χ2v) is 9.13. The molecule has 8 heteroatoms. The number of thiophene rings is 1. The molecular weight excluding hydrogens is 422 g/mol. The van der Waals surface area contributed by atoms with E-state index in [4.69, 9.17) is 0 Å². The summed E-state index contributed by atoms with van der Waals surface area (Å²) in [5, 5.41) is 5.01. The van der Waals surface area contributed by atoms with Gasteiger partial charge in [-0.25, -0.2) is 9.78 Å². The molecule has 2 aromatic heterocycles. The SMILES string of the molecule is C=CC(=O)N1CCN(c2sc3nccc4c3c2NC(=O)N4/C(=C/C=C(C)C)C(=C)C)CC1. The molecule has 1 fully saturated rings. The van der Waals surface area contributed by atoms with Crippen molar-refractivity contribution in [1.82, 2.24) is 9.88 Å². The Bertz CT molecular complexity index is 1180. The average molecular weight is 450 g/mol. The highest BCUT2D eigenvalue weighted by atomic mass is 32.1. The molecule has 4 heterocycles. The van der Waals surface area contributed by atoms with Gasteiger partial charge in [-0.05, 0) is 44.6 Å². The Kier molecular flexibility index (Phi) is 5.88. The lowest BCUT2D eigenvalue weighted by molar-refractivity contribution is -0.126. The first-order chi connectivity index (χ1) is 15.3. The number of piperazine rings is 1. The molecule has 0 atom stereocenters. The minimum atomic E-state index is -0.221. The number of nitrogens with zero attached hydrogens (tertiary/aromatic N) is 4. The Balaban J connectivity index is 1.76. The summed E-state index contributed by atoms with van der Waals surface area (Å²) in [6.07, 6.45) is 7.00. The lowest BCUT2D eigenvalue weighted by Crippen LogP contribution is -2.48. The summed E-state index contributed by atoms with van der Waals surface area (Å²) in [5.74, 6) is -0.0503. The van der Waals surface area contributed by atoms with Crippen LogP contribution >= 0.6 is 11.3 Å². The Morgan fingerprint density at radius 2 is 1.91 bits per heavy atom. The zero-order valence-corrected chi connectivity index (χ0v) is 19.5. The molecule has 2 aliphatic rings. The van der Waals surface area contributed by atoms with Gasteiger partial charge in [-0.15, -0.1) is 0 Å². The van der Waals surface area contributed by atoms with Gasteiger partial charge in [0.2, 0.25) is 5.91 Å². The zero-order valence-electron chi connectivity index (χ0n) is 18.6. The van der Waals surface area contributed by atoms with E-state index in [9.17, 15) is 9.59 Å². The number of amides is 3. The number of nitrogens with one attached hydrogen (secondary N) is 1. The standard InChI is InChI=1S/C24H27N5O2S/c1-6-19(30)27-11-13-28(14-12-27)23-21-20-18(9-10-25-22(20)32-23)29(24(31)26-21)17(16(4)5)8-7-15(2)3/h6-10H,1,4,11-14H2,2-3,5H3,(H,26,31)/b17-8+. The smallest absolute Gasteiger partial charge is 0.331 e. The fourth-order valence-electron chi connectivity index (χ4n) is 3.94. The molecule has 0 aliphatic carbocycles. The maximum atomic E-state index is 13.3. The van der Waals surface area contributed by atoms with Crippen molar-refractivity contribution in [3.05, 3.63) is 60.5 Å². The number of allylic oxidation sites excluding steroid dienone is 4. The van der Waals surface area contributed by atoms with E-state index in [1.807, 2.05) is 39.0 Å². The van der Waals surface area contributed by atoms with Gasteiger partial charge in [-0.2, -0.15) is 0 Å². The number of aromatic nitrogens is 1. The van der Waals surface area contributed by atoms with Crippen molar-refractivity contribution >= 4 is 49.9 Å². The molecule has 0 spiro atoms. The fourth-order valence-corrected chi connectivity index (χ4v) is 5.12. The third kappa shape index (κ3) is 3.82. The van der Waals surface area contributed by atoms with Crippen molar-refractivity contribution in [2.24, 2.45) is 0 Å². The molecule has 1 N–H and O–H groups in total. The van der Waals surface area contributed by atoms with Gasteiger partial charge >= 0.3 is 6.03 Å². The quantitative estimate of drug-likeness (QED) is 0.520.